The van der Waals surface area contributed by atoms with Crippen LogP contribution in [-0.4, -0.2) is 46.3 Å². The van der Waals surface area contributed by atoms with Gasteiger partial charge in [0.15, 0.2) is 0 Å². The average Bonchev–Trinajstić information content (AvgIpc) is 2.62. The van der Waals surface area contributed by atoms with E-state index < -0.39 is 12.2 Å². The minimum Gasteiger partial charge on any atom is -0.388 e. The number of nitrogens with zero attached hydrogens (tertiary/aromatic N) is 1. The maximum atomic E-state index is 12.1. The number of hydrogen-bond donors (Lipinski definition) is 2. The number of aliphatic hydroxyl groups excluding tert-OH is 2. The van der Waals surface area contributed by atoms with E-state index >= 15 is 0 Å². The summed E-state index contributed by atoms with van der Waals surface area (Å²) in [7, 11) is 0. The van der Waals surface area contributed by atoms with E-state index in [0.717, 1.165) is 0 Å². The van der Waals surface area contributed by atoms with Crippen LogP contribution in [0.4, 0.5) is 0 Å². The Morgan fingerprint density at radius 2 is 1.82 bits per heavy atom. The zero-order valence-corrected chi connectivity index (χ0v) is 10.3. The Morgan fingerprint density at radius 3 is 2.41 bits per heavy atom. The van der Waals surface area contributed by atoms with Gasteiger partial charge < -0.3 is 15.1 Å². The van der Waals surface area contributed by atoms with Crippen molar-refractivity contribution in [2.24, 2.45) is 0 Å². The van der Waals surface area contributed by atoms with Crippen LogP contribution in [0.1, 0.15) is 10.4 Å². The number of benzene rings is 1. The molecule has 1 aromatic carbocycles. The van der Waals surface area contributed by atoms with Crippen molar-refractivity contribution in [3.8, 4) is 0 Å². The standard InChI is InChI=1S/C11H11Cl2NO3/c12-7-3-1-2-6(10(7)13)11(17)14-4-8(15)9(16)5-14/h1-3,8-9,15-16H,4-5H2. The van der Waals surface area contributed by atoms with Gasteiger partial charge in [0.05, 0.1) is 27.8 Å². The number of aliphatic hydroxyl groups is 2. The van der Waals surface area contributed by atoms with Gasteiger partial charge in [-0.25, -0.2) is 0 Å². The first-order valence-electron chi connectivity index (χ1n) is 5.10. The quantitative estimate of drug-likeness (QED) is 0.809. The molecule has 0 radical (unpaired) electrons. The van der Waals surface area contributed by atoms with E-state index in [1.807, 2.05) is 0 Å². The van der Waals surface area contributed by atoms with Crippen molar-refractivity contribution < 1.29 is 15.0 Å². The Labute approximate surface area is 108 Å². The lowest BCUT2D eigenvalue weighted by Crippen LogP contribution is -2.30. The zero-order chi connectivity index (χ0) is 12.6. The fraction of sp³-hybridized carbons (Fsp3) is 0.364. The molecule has 1 aromatic rings. The summed E-state index contributed by atoms with van der Waals surface area (Å²) in [6.45, 7) is 0.200. The number of carbonyl (C=O) groups excluding carboxylic acids is 1. The van der Waals surface area contributed by atoms with Gasteiger partial charge in [-0.15, -0.1) is 0 Å². The van der Waals surface area contributed by atoms with E-state index in [2.05, 4.69) is 0 Å². The van der Waals surface area contributed by atoms with E-state index in [0.29, 0.717) is 5.02 Å². The lowest BCUT2D eigenvalue weighted by atomic mass is 10.2. The summed E-state index contributed by atoms with van der Waals surface area (Å²) in [6, 6.07) is 4.78. The number of β-amino-alcohol motifs (C(OH)–C–C–N with tert-alkyl or cyclic N) is 2. The van der Waals surface area contributed by atoms with Gasteiger partial charge >= 0.3 is 0 Å². The van der Waals surface area contributed by atoms with E-state index in [1.165, 1.54) is 4.90 Å². The smallest absolute Gasteiger partial charge is 0.255 e. The monoisotopic (exact) mass is 275 g/mol. The summed E-state index contributed by atoms with van der Waals surface area (Å²) < 4.78 is 0. The summed E-state index contributed by atoms with van der Waals surface area (Å²) in [4.78, 5) is 13.4. The molecule has 1 heterocycles. The van der Waals surface area contributed by atoms with Crippen LogP contribution in [0.3, 0.4) is 0 Å². The predicted molar refractivity (Wildman–Crippen MR) is 64.4 cm³/mol. The van der Waals surface area contributed by atoms with Gasteiger partial charge in [-0.2, -0.15) is 0 Å². The minimum atomic E-state index is -0.906. The highest BCUT2D eigenvalue weighted by Gasteiger charge is 2.33. The third-order valence-electron chi connectivity index (χ3n) is 2.73. The van der Waals surface area contributed by atoms with Gasteiger partial charge in [0.25, 0.3) is 5.91 Å². The topological polar surface area (TPSA) is 60.8 Å². The van der Waals surface area contributed by atoms with Crippen molar-refractivity contribution in [1.29, 1.82) is 0 Å². The van der Waals surface area contributed by atoms with Crippen molar-refractivity contribution in [2.75, 3.05) is 13.1 Å². The second kappa shape index (κ2) is 4.82. The molecule has 0 aromatic heterocycles. The summed E-state index contributed by atoms with van der Waals surface area (Å²) in [6.07, 6.45) is -1.81. The number of hydrogen-bond acceptors (Lipinski definition) is 3. The van der Waals surface area contributed by atoms with E-state index in [9.17, 15) is 15.0 Å². The van der Waals surface area contributed by atoms with Crippen molar-refractivity contribution >= 4 is 29.1 Å². The molecule has 0 bridgehead atoms. The molecule has 2 unspecified atom stereocenters. The SMILES string of the molecule is O=C(c1cccc(Cl)c1Cl)N1CC(O)C(O)C1. The highest BCUT2D eigenvalue weighted by atomic mass is 35.5. The van der Waals surface area contributed by atoms with Gasteiger partial charge in [0, 0.05) is 13.1 Å². The molecular formula is C11H11Cl2NO3. The van der Waals surface area contributed by atoms with Crippen LogP contribution in [0.5, 0.6) is 0 Å². The number of likely N-dealkylation sites (tertiary alicyclic amines) is 1. The number of amides is 1. The maximum absolute atomic E-state index is 12.1. The van der Waals surface area contributed by atoms with Crippen molar-refractivity contribution in [2.45, 2.75) is 12.2 Å². The largest absolute Gasteiger partial charge is 0.388 e. The fourth-order valence-electron chi connectivity index (χ4n) is 1.77. The molecule has 2 atom stereocenters. The predicted octanol–water partition coefficient (Wildman–Crippen LogP) is 1.17. The molecule has 2 rings (SSSR count). The normalized spacial score (nSPS) is 24.1. The van der Waals surface area contributed by atoms with E-state index in [4.69, 9.17) is 23.2 Å². The molecule has 1 aliphatic rings. The molecular weight excluding hydrogens is 265 g/mol. The molecule has 0 aliphatic carbocycles. The number of carbonyl (C=O) groups is 1. The molecule has 92 valence electrons. The average molecular weight is 276 g/mol. The Hall–Kier alpha value is -0.810. The minimum absolute atomic E-state index is 0.100. The molecule has 6 heteroatoms. The van der Waals surface area contributed by atoms with Gasteiger partial charge in [-0.3, -0.25) is 4.79 Å². The van der Waals surface area contributed by atoms with Crippen molar-refractivity contribution in [3.05, 3.63) is 33.8 Å². The zero-order valence-electron chi connectivity index (χ0n) is 8.81. The Morgan fingerprint density at radius 1 is 1.24 bits per heavy atom. The van der Waals surface area contributed by atoms with Crippen LogP contribution >= 0.6 is 23.2 Å². The summed E-state index contributed by atoms with van der Waals surface area (Å²) >= 11 is 11.8. The molecule has 17 heavy (non-hydrogen) atoms. The molecule has 0 saturated carbocycles. The highest BCUT2D eigenvalue weighted by molar-refractivity contribution is 6.43. The molecule has 1 fully saturated rings. The first-order valence-corrected chi connectivity index (χ1v) is 5.85. The number of rotatable bonds is 1. The number of halogens is 2. The van der Waals surface area contributed by atoms with E-state index in [1.54, 1.807) is 18.2 Å². The van der Waals surface area contributed by atoms with Crippen LogP contribution in [-0.2, 0) is 0 Å². The van der Waals surface area contributed by atoms with Crippen LogP contribution in [0.15, 0.2) is 18.2 Å². The molecule has 1 saturated heterocycles. The molecule has 1 aliphatic heterocycles. The Balaban J connectivity index is 2.24. The molecule has 0 spiro atoms. The second-order valence-corrected chi connectivity index (χ2v) is 4.73. The van der Waals surface area contributed by atoms with Gasteiger partial charge in [-0.1, -0.05) is 29.3 Å². The van der Waals surface area contributed by atoms with Gasteiger partial charge in [0.1, 0.15) is 0 Å². The molecule has 4 nitrogen and oxygen atoms in total. The maximum Gasteiger partial charge on any atom is 0.255 e. The summed E-state index contributed by atoms with van der Waals surface area (Å²) in [5, 5.41) is 19.3. The van der Waals surface area contributed by atoms with Crippen molar-refractivity contribution in [3.63, 3.8) is 0 Å². The van der Waals surface area contributed by atoms with E-state index in [-0.39, 0.29) is 29.6 Å². The highest BCUT2D eigenvalue weighted by Crippen LogP contribution is 2.27. The summed E-state index contributed by atoms with van der Waals surface area (Å²) in [5.74, 6) is -0.340. The molecule has 2 N–H and O–H groups in total. The van der Waals surface area contributed by atoms with Crippen molar-refractivity contribution in [1.82, 2.24) is 4.90 Å². The Bertz CT molecular complexity index is 442. The lowest BCUT2D eigenvalue weighted by molar-refractivity contribution is 0.0572. The van der Waals surface area contributed by atoms with Gasteiger partial charge in [0.2, 0.25) is 0 Å². The lowest BCUT2D eigenvalue weighted by Gasteiger charge is -2.16. The fourth-order valence-corrected chi connectivity index (χ4v) is 2.16. The summed E-state index contributed by atoms with van der Waals surface area (Å²) in [5.41, 5.74) is 0.278. The third kappa shape index (κ3) is 2.40. The molecule has 1 amide bonds. The first-order chi connectivity index (χ1) is 8.00. The van der Waals surface area contributed by atoms with Crippen LogP contribution in [0.2, 0.25) is 10.0 Å². The van der Waals surface area contributed by atoms with Crippen LogP contribution in [0, 0.1) is 0 Å². The third-order valence-corrected chi connectivity index (χ3v) is 3.55. The van der Waals surface area contributed by atoms with Gasteiger partial charge in [-0.05, 0) is 12.1 Å². The van der Waals surface area contributed by atoms with Crippen LogP contribution < -0.4 is 0 Å². The second-order valence-electron chi connectivity index (χ2n) is 3.95. The van der Waals surface area contributed by atoms with Crippen LogP contribution in [0.25, 0.3) is 0 Å². The Kier molecular flexibility index (Phi) is 3.58. The first kappa shape index (κ1) is 12.6.